The fourth-order valence-corrected chi connectivity index (χ4v) is 7.55. The third-order valence-corrected chi connectivity index (χ3v) is 9.89. The molecule has 0 radical (unpaired) electrons. The Bertz CT molecular complexity index is 2740. The van der Waals surface area contributed by atoms with E-state index in [4.69, 9.17) is 9.47 Å². The molecule has 0 fully saturated rings. The molecule has 10 rings (SSSR count). The number of ether oxygens (including phenoxy) is 2. The van der Waals surface area contributed by atoms with Crippen molar-refractivity contribution in [2.24, 2.45) is 0 Å². The van der Waals surface area contributed by atoms with E-state index >= 15 is 0 Å². The molecule has 8 aromatic carbocycles. The summed E-state index contributed by atoms with van der Waals surface area (Å²) in [5, 5.41) is 2.43. The zero-order chi connectivity index (χ0) is 33.7. The van der Waals surface area contributed by atoms with Crippen molar-refractivity contribution in [2.45, 2.75) is 0 Å². The normalized spacial score (nSPS) is 11.8. The largest absolute Gasteiger partial charge is 0.456 e. The first-order valence-corrected chi connectivity index (χ1v) is 17.3. The Kier molecular flexibility index (Phi) is 6.81. The Morgan fingerprint density at radius 3 is 1.67 bits per heavy atom. The highest BCUT2D eigenvalue weighted by Gasteiger charge is 2.23. The third-order valence-electron chi connectivity index (χ3n) is 9.89. The molecule has 0 saturated heterocycles. The van der Waals surface area contributed by atoms with Crippen molar-refractivity contribution in [3.8, 4) is 73.2 Å². The van der Waals surface area contributed by atoms with Crippen LogP contribution in [-0.4, -0.2) is 4.57 Å². The molecule has 0 saturated carbocycles. The topological polar surface area (TPSA) is 23.4 Å². The highest BCUT2D eigenvalue weighted by molar-refractivity contribution is 6.10. The lowest BCUT2D eigenvalue weighted by atomic mass is 9.91. The number of aromatic nitrogens is 1. The van der Waals surface area contributed by atoms with E-state index in [0.29, 0.717) is 0 Å². The summed E-state index contributed by atoms with van der Waals surface area (Å²) in [7, 11) is 0. The first kappa shape index (κ1) is 29.1. The van der Waals surface area contributed by atoms with Crippen molar-refractivity contribution in [3.05, 3.63) is 188 Å². The van der Waals surface area contributed by atoms with Gasteiger partial charge in [0.15, 0.2) is 0 Å². The van der Waals surface area contributed by atoms with Crippen LogP contribution in [0.25, 0.3) is 72.0 Å². The summed E-state index contributed by atoms with van der Waals surface area (Å²) in [6.07, 6.45) is 0. The second kappa shape index (κ2) is 11.9. The highest BCUT2D eigenvalue weighted by Crippen LogP contribution is 2.50. The molecule has 0 N–H and O–H groups in total. The maximum Gasteiger partial charge on any atom is 0.136 e. The summed E-state index contributed by atoms with van der Waals surface area (Å²) in [4.78, 5) is 0. The predicted octanol–water partition coefficient (Wildman–Crippen LogP) is 13.3. The molecule has 0 atom stereocenters. The molecule has 0 aliphatic carbocycles. The van der Waals surface area contributed by atoms with E-state index in [2.05, 4.69) is 150 Å². The molecule has 9 aromatic rings. The Morgan fingerprint density at radius 1 is 0.314 bits per heavy atom. The molecule has 1 aromatic heterocycles. The standard InChI is InChI=1S/C48H31NO2/c1-3-14-32(15-4-1)36-21-13-25-46-48(36)40-28-26-34(31-47(40)51-45-24-12-9-20-39(45)38-19-8-11-23-44(38)50-46)33-27-29-43-41(30-33)37-18-7-10-22-42(37)49(43)35-16-5-2-6-17-35/h1-31H. The molecular weight excluding hydrogens is 623 g/mol. The van der Waals surface area contributed by atoms with E-state index in [0.717, 1.165) is 73.2 Å². The van der Waals surface area contributed by atoms with Gasteiger partial charge in [0.05, 0.1) is 11.0 Å². The Morgan fingerprint density at radius 2 is 0.882 bits per heavy atom. The van der Waals surface area contributed by atoms with Gasteiger partial charge in [-0.2, -0.15) is 0 Å². The van der Waals surface area contributed by atoms with E-state index in [9.17, 15) is 0 Å². The van der Waals surface area contributed by atoms with Crippen molar-refractivity contribution in [1.29, 1.82) is 0 Å². The molecule has 1 aliphatic heterocycles. The van der Waals surface area contributed by atoms with Crippen LogP contribution in [0.15, 0.2) is 188 Å². The van der Waals surface area contributed by atoms with Crippen molar-refractivity contribution in [1.82, 2.24) is 4.57 Å². The first-order valence-electron chi connectivity index (χ1n) is 17.3. The quantitative estimate of drug-likeness (QED) is 0.189. The molecule has 0 amide bonds. The summed E-state index contributed by atoms with van der Waals surface area (Å²) in [6, 6.07) is 65.8. The van der Waals surface area contributed by atoms with Gasteiger partial charge in [-0.1, -0.05) is 127 Å². The van der Waals surface area contributed by atoms with E-state index in [1.165, 1.54) is 21.8 Å². The van der Waals surface area contributed by atoms with Crippen molar-refractivity contribution < 1.29 is 9.47 Å². The number of para-hydroxylation sites is 4. The van der Waals surface area contributed by atoms with Crippen molar-refractivity contribution in [2.75, 3.05) is 0 Å². The zero-order valence-corrected chi connectivity index (χ0v) is 27.7. The highest BCUT2D eigenvalue weighted by atomic mass is 16.5. The second-order valence-electron chi connectivity index (χ2n) is 12.9. The van der Waals surface area contributed by atoms with Crippen LogP contribution in [-0.2, 0) is 0 Å². The molecule has 3 nitrogen and oxygen atoms in total. The maximum atomic E-state index is 7.04. The van der Waals surface area contributed by atoms with Gasteiger partial charge in [-0.3, -0.25) is 0 Å². The van der Waals surface area contributed by atoms with Gasteiger partial charge in [-0.15, -0.1) is 0 Å². The van der Waals surface area contributed by atoms with Gasteiger partial charge < -0.3 is 14.0 Å². The predicted molar refractivity (Wildman–Crippen MR) is 209 cm³/mol. The van der Waals surface area contributed by atoms with E-state index < -0.39 is 0 Å². The van der Waals surface area contributed by atoms with Gasteiger partial charge in [0, 0.05) is 38.7 Å². The minimum absolute atomic E-state index is 0.763. The summed E-state index contributed by atoms with van der Waals surface area (Å²) >= 11 is 0. The molecule has 240 valence electrons. The molecular formula is C48H31NO2. The van der Waals surface area contributed by atoms with Crippen molar-refractivity contribution >= 4 is 21.8 Å². The number of hydrogen-bond acceptors (Lipinski definition) is 2. The van der Waals surface area contributed by atoms with Crippen molar-refractivity contribution in [3.63, 3.8) is 0 Å². The Balaban J connectivity index is 1.21. The third kappa shape index (κ3) is 4.90. The molecule has 0 bridgehead atoms. The average molecular weight is 654 g/mol. The first-order chi connectivity index (χ1) is 25.3. The lowest BCUT2D eigenvalue weighted by Gasteiger charge is -2.23. The second-order valence-corrected chi connectivity index (χ2v) is 12.9. The van der Waals surface area contributed by atoms with E-state index in [-0.39, 0.29) is 0 Å². The monoisotopic (exact) mass is 653 g/mol. The molecule has 1 aliphatic rings. The van der Waals surface area contributed by atoms with Gasteiger partial charge in [0.2, 0.25) is 0 Å². The van der Waals surface area contributed by atoms with E-state index in [1.54, 1.807) is 0 Å². The lowest BCUT2D eigenvalue weighted by molar-refractivity contribution is 0.472. The number of hydrogen-bond donors (Lipinski definition) is 0. The lowest BCUT2D eigenvalue weighted by Crippen LogP contribution is -1.99. The fraction of sp³-hybridized carbons (Fsp3) is 0. The van der Waals surface area contributed by atoms with E-state index in [1.807, 2.05) is 42.5 Å². The van der Waals surface area contributed by atoms with Crippen LogP contribution in [0.2, 0.25) is 0 Å². The van der Waals surface area contributed by atoms with Gasteiger partial charge in [0.1, 0.15) is 23.0 Å². The van der Waals surface area contributed by atoms with Crippen LogP contribution < -0.4 is 9.47 Å². The molecule has 0 unspecified atom stereocenters. The summed E-state index contributed by atoms with van der Waals surface area (Å²) in [5.74, 6) is 3.09. The Hall–Kier alpha value is -6.84. The van der Waals surface area contributed by atoms with Crippen LogP contribution in [0.5, 0.6) is 23.0 Å². The molecule has 3 heteroatoms. The number of nitrogens with zero attached hydrogens (tertiary/aromatic N) is 1. The smallest absolute Gasteiger partial charge is 0.136 e. The summed E-state index contributed by atoms with van der Waals surface area (Å²) in [6.45, 7) is 0. The zero-order valence-electron chi connectivity index (χ0n) is 27.7. The number of rotatable bonds is 3. The van der Waals surface area contributed by atoms with Crippen LogP contribution in [0.1, 0.15) is 0 Å². The Labute approximate surface area is 296 Å². The molecule has 2 heterocycles. The number of benzene rings is 8. The van der Waals surface area contributed by atoms with Gasteiger partial charge in [-0.25, -0.2) is 0 Å². The minimum atomic E-state index is 0.763. The molecule has 51 heavy (non-hydrogen) atoms. The fourth-order valence-electron chi connectivity index (χ4n) is 7.55. The van der Waals surface area contributed by atoms with Crippen LogP contribution >= 0.6 is 0 Å². The minimum Gasteiger partial charge on any atom is -0.456 e. The molecule has 0 spiro atoms. The average Bonchev–Trinajstić information content (AvgIpc) is 3.53. The van der Waals surface area contributed by atoms with Crippen LogP contribution in [0.3, 0.4) is 0 Å². The van der Waals surface area contributed by atoms with Gasteiger partial charge in [0.25, 0.3) is 0 Å². The summed E-state index contributed by atoms with van der Waals surface area (Å²) < 4.78 is 16.3. The summed E-state index contributed by atoms with van der Waals surface area (Å²) in [5.41, 5.74) is 11.8. The maximum absolute atomic E-state index is 7.04. The van der Waals surface area contributed by atoms with Crippen LogP contribution in [0.4, 0.5) is 0 Å². The number of fused-ring (bicyclic) bond motifs is 9. The van der Waals surface area contributed by atoms with Gasteiger partial charge >= 0.3 is 0 Å². The SMILES string of the molecule is c1ccc(-c2cccc3c2-c2ccc(-c4ccc5c(c4)c4ccccc4n5-c4ccccc4)cc2Oc2ccccc2-c2ccccc2O3)cc1. The van der Waals surface area contributed by atoms with Gasteiger partial charge in [-0.05, 0) is 82.9 Å². The van der Waals surface area contributed by atoms with Crippen LogP contribution in [0, 0.1) is 0 Å².